The van der Waals surface area contributed by atoms with E-state index in [1.807, 2.05) is 0 Å². The van der Waals surface area contributed by atoms with Crippen molar-refractivity contribution in [2.24, 2.45) is 16.9 Å². The Bertz CT molecular complexity index is 105. The van der Waals surface area contributed by atoms with Gasteiger partial charge in [0, 0.05) is 5.70 Å². The smallest absolute Gasteiger partial charge is 0.00133 e. The molecular weight excluding hydrogens is 112 g/mol. The average molecular weight is 128 g/mol. The molecule has 0 aliphatic carbocycles. The van der Waals surface area contributed by atoms with Gasteiger partial charge in [-0.1, -0.05) is 20.4 Å². The minimum Gasteiger partial charge on any atom is -0.402 e. The predicted molar refractivity (Wildman–Crippen MR) is 40.8 cm³/mol. The van der Waals surface area contributed by atoms with Crippen LogP contribution in [0.4, 0.5) is 0 Å². The van der Waals surface area contributed by atoms with E-state index in [-0.39, 0.29) is 5.41 Å². The van der Waals surface area contributed by atoms with Crippen LogP contribution in [0.1, 0.15) is 20.3 Å². The zero-order valence-corrected chi connectivity index (χ0v) is 6.28. The van der Waals surface area contributed by atoms with E-state index in [2.05, 4.69) is 20.4 Å². The predicted octanol–water partition coefficient (Wildman–Crippen LogP) is 0.834. The van der Waals surface area contributed by atoms with E-state index in [9.17, 15) is 0 Å². The Balaban J connectivity index is 3.71. The largest absolute Gasteiger partial charge is 0.402 e. The normalized spacial score (nSPS) is 11.4. The Morgan fingerprint density at radius 2 is 2.00 bits per heavy atom. The Morgan fingerprint density at radius 3 is 2.11 bits per heavy atom. The molecule has 0 amide bonds. The molecule has 0 unspecified atom stereocenters. The summed E-state index contributed by atoms with van der Waals surface area (Å²) in [5.74, 6) is 0. The highest BCUT2D eigenvalue weighted by atomic mass is 14.6. The summed E-state index contributed by atoms with van der Waals surface area (Å²) < 4.78 is 0. The van der Waals surface area contributed by atoms with Crippen LogP contribution in [0.15, 0.2) is 12.3 Å². The van der Waals surface area contributed by atoms with Crippen LogP contribution in [0, 0.1) is 5.41 Å². The third-order valence-corrected chi connectivity index (χ3v) is 1.26. The van der Waals surface area contributed by atoms with Gasteiger partial charge in [-0.2, -0.15) is 0 Å². The van der Waals surface area contributed by atoms with E-state index in [0.29, 0.717) is 12.2 Å². The van der Waals surface area contributed by atoms with Crippen molar-refractivity contribution in [1.82, 2.24) is 0 Å². The van der Waals surface area contributed by atoms with Gasteiger partial charge in [0.25, 0.3) is 0 Å². The average Bonchev–Trinajstić information content (AvgIpc) is 1.63. The lowest BCUT2D eigenvalue weighted by atomic mass is 9.88. The Labute approximate surface area is 56.9 Å². The Kier molecular flexibility index (Phi) is 2.71. The summed E-state index contributed by atoms with van der Waals surface area (Å²) in [4.78, 5) is 0. The van der Waals surface area contributed by atoms with Crippen molar-refractivity contribution in [2.45, 2.75) is 20.3 Å². The summed E-state index contributed by atoms with van der Waals surface area (Å²) in [6.45, 7) is 8.42. The fourth-order valence-electron chi connectivity index (χ4n) is 0.687. The summed E-state index contributed by atoms with van der Waals surface area (Å²) >= 11 is 0. The number of rotatable bonds is 3. The summed E-state index contributed by atoms with van der Waals surface area (Å²) in [7, 11) is 0. The van der Waals surface area contributed by atoms with Crippen molar-refractivity contribution in [3.63, 3.8) is 0 Å². The first-order chi connectivity index (χ1) is 3.98. The molecule has 0 aromatic heterocycles. The molecule has 0 atom stereocenters. The summed E-state index contributed by atoms with van der Waals surface area (Å²) in [6.07, 6.45) is 0.809. The van der Waals surface area contributed by atoms with Gasteiger partial charge in [0.1, 0.15) is 0 Å². The topological polar surface area (TPSA) is 52.0 Å². The van der Waals surface area contributed by atoms with Gasteiger partial charge in [0.05, 0.1) is 0 Å². The number of nitrogens with two attached hydrogens (primary N) is 2. The molecule has 9 heavy (non-hydrogen) atoms. The van der Waals surface area contributed by atoms with Crippen LogP contribution in [-0.2, 0) is 0 Å². The van der Waals surface area contributed by atoms with Gasteiger partial charge in [-0.05, 0) is 18.4 Å². The monoisotopic (exact) mass is 128 g/mol. The maximum Gasteiger partial charge on any atom is 0.00133 e. The van der Waals surface area contributed by atoms with E-state index in [1.54, 1.807) is 0 Å². The second-order valence-electron chi connectivity index (χ2n) is 3.20. The Morgan fingerprint density at radius 1 is 1.56 bits per heavy atom. The fourth-order valence-corrected chi connectivity index (χ4v) is 0.687. The number of hydrogen-bond donors (Lipinski definition) is 2. The van der Waals surface area contributed by atoms with E-state index in [4.69, 9.17) is 11.5 Å². The van der Waals surface area contributed by atoms with Crippen LogP contribution in [0.5, 0.6) is 0 Å². The minimum atomic E-state index is 0.117. The van der Waals surface area contributed by atoms with Crippen molar-refractivity contribution in [3.8, 4) is 0 Å². The SMILES string of the molecule is C=C(N)CC(C)(C)CN. The van der Waals surface area contributed by atoms with Gasteiger partial charge in [-0.3, -0.25) is 0 Å². The lowest BCUT2D eigenvalue weighted by Crippen LogP contribution is -2.25. The summed E-state index contributed by atoms with van der Waals surface area (Å²) in [6, 6.07) is 0. The third kappa shape index (κ3) is 4.03. The number of allylic oxidation sites excluding steroid dienone is 1. The second kappa shape index (κ2) is 2.87. The number of hydrogen-bond acceptors (Lipinski definition) is 2. The highest BCUT2D eigenvalue weighted by Crippen LogP contribution is 2.19. The van der Waals surface area contributed by atoms with Crippen LogP contribution in [-0.4, -0.2) is 6.54 Å². The molecule has 0 aromatic carbocycles. The third-order valence-electron chi connectivity index (χ3n) is 1.26. The highest BCUT2D eigenvalue weighted by Gasteiger charge is 2.14. The molecule has 0 aliphatic rings. The molecule has 2 nitrogen and oxygen atoms in total. The van der Waals surface area contributed by atoms with Crippen LogP contribution < -0.4 is 11.5 Å². The van der Waals surface area contributed by atoms with Crippen molar-refractivity contribution in [2.75, 3.05) is 6.54 Å². The van der Waals surface area contributed by atoms with Crippen LogP contribution in [0.25, 0.3) is 0 Å². The molecule has 0 heterocycles. The molecule has 0 saturated carbocycles. The molecule has 2 heteroatoms. The van der Waals surface area contributed by atoms with Crippen LogP contribution in [0.3, 0.4) is 0 Å². The molecular formula is C7H16N2. The molecule has 0 aliphatic heterocycles. The lowest BCUT2D eigenvalue weighted by molar-refractivity contribution is 0.374. The molecule has 0 rings (SSSR count). The molecule has 0 aromatic rings. The first kappa shape index (κ1) is 8.50. The molecule has 4 N–H and O–H groups in total. The quantitative estimate of drug-likeness (QED) is 0.591. The highest BCUT2D eigenvalue weighted by molar-refractivity contribution is 4.92. The van der Waals surface area contributed by atoms with E-state index < -0.39 is 0 Å². The molecule has 0 spiro atoms. The van der Waals surface area contributed by atoms with Crippen molar-refractivity contribution >= 4 is 0 Å². The molecule has 0 fully saturated rings. The van der Waals surface area contributed by atoms with Gasteiger partial charge in [-0.25, -0.2) is 0 Å². The lowest BCUT2D eigenvalue weighted by Gasteiger charge is -2.21. The van der Waals surface area contributed by atoms with Crippen molar-refractivity contribution < 1.29 is 0 Å². The Hall–Kier alpha value is -0.500. The standard InChI is InChI=1S/C7H16N2/c1-6(9)4-7(2,3)5-8/h1,4-5,8-9H2,2-3H3. The fraction of sp³-hybridized carbons (Fsp3) is 0.714. The van der Waals surface area contributed by atoms with Gasteiger partial charge in [-0.15, -0.1) is 0 Å². The first-order valence-corrected chi connectivity index (χ1v) is 3.11. The molecule has 0 bridgehead atoms. The van der Waals surface area contributed by atoms with Gasteiger partial charge in [0.15, 0.2) is 0 Å². The van der Waals surface area contributed by atoms with Crippen LogP contribution >= 0.6 is 0 Å². The van der Waals surface area contributed by atoms with Crippen molar-refractivity contribution in [3.05, 3.63) is 12.3 Å². The summed E-state index contributed by atoms with van der Waals surface area (Å²) in [5.41, 5.74) is 11.7. The first-order valence-electron chi connectivity index (χ1n) is 3.11. The zero-order valence-electron chi connectivity index (χ0n) is 6.28. The minimum absolute atomic E-state index is 0.117. The maximum absolute atomic E-state index is 5.46. The van der Waals surface area contributed by atoms with Gasteiger partial charge < -0.3 is 11.5 Å². The van der Waals surface area contributed by atoms with Gasteiger partial charge in [0.2, 0.25) is 0 Å². The van der Waals surface area contributed by atoms with E-state index in [0.717, 1.165) is 6.42 Å². The maximum atomic E-state index is 5.46. The van der Waals surface area contributed by atoms with Gasteiger partial charge >= 0.3 is 0 Å². The molecule has 54 valence electrons. The van der Waals surface area contributed by atoms with Crippen LogP contribution in [0.2, 0.25) is 0 Å². The molecule has 0 radical (unpaired) electrons. The van der Waals surface area contributed by atoms with E-state index in [1.165, 1.54) is 0 Å². The van der Waals surface area contributed by atoms with E-state index >= 15 is 0 Å². The second-order valence-corrected chi connectivity index (χ2v) is 3.20. The zero-order chi connectivity index (χ0) is 7.49. The van der Waals surface area contributed by atoms with Crippen molar-refractivity contribution in [1.29, 1.82) is 0 Å². The molecule has 0 saturated heterocycles. The summed E-state index contributed by atoms with van der Waals surface area (Å²) in [5, 5.41) is 0.